The van der Waals surface area contributed by atoms with Crippen LogP contribution in [-0.2, 0) is 19.6 Å². The third-order valence-electron chi connectivity index (χ3n) is 6.43. The number of carbonyl (C=O) groups excluding carboxylic acids is 2. The van der Waals surface area contributed by atoms with Gasteiger partial charge in [-0.05, 0) is 86.0 Å². The van der Waals surface area contributed by atoms with Gasteiger partial charge in [0.2, 0.25) is 11.8 Å². The molecule has 2 amide bonds. The summed E-state index contributed by atoms with van der Waals surface area (Å²) in [6.45, 7) is 1.15. The van der Waals surface area contributed by atoms with E-state index < -0.39 is 15.9 Å². The van der Waals surface area contributed by atoms with E-state index in [1.165, 1.54) is 50.7 Å². The van der Waals surface area contributed by atoms with Crippen LogP contribution in [0.15, 0.2) is 29.2 Å². The van der Waals surface area contributed by atoms with Crippen LogP contribution in [0.5, 0.6) is 0 Å². The molecule has 0 aromatic heterocycles. The first-order valence-corrected chi connectivity index (χ1v) is 11.1. The van der Waals surface area contributed by atoms with Gasteiger partial charge in [-0.25, -0.2) is 13.1 Å². The van der Waals surface area contributed by atoms with Crippen molar-refractivity contribution in [1.29, 1.82) is 0 Å². The lowest BCUT2D eigenvalue weighted by molar-refractivity contribution is -0.124. The van der Waals surface area contributed by atoms with Gasteiger partial charge in [-0.3, -0.25) is 9.59 Å². The van der Waals surface area contributed by atoms with Crippen molar-refractivity contribution in [2.75, 3.05) is 5.32 Å². The Balaban J connectivity index is 1.40. The lowest BCUT2D eigenvalue weighted by Gasteiger charge is -2.56. The minimum absolute atomic E-state index is 0.00298. The van der Waals surface area contributed by atoms with Gasteiger partial charge >= 0.3 is 0 Å². The summed E-state index contributed by atoms with van der Waals surface area (Å²) in [7, 11) is -3.85. The van der Waals surface area contributed by atoms with Crippen LogP contribution in [0.3, 0.4) is 0 Å². The molecule has 0 spiro atoms. The van der Waals surface area contributed by atoms with E-state index >= 15 is 0 Å². The molecule has 0 aliphatic heterocycles. The highest BCUT2D eigenvalue weighted by Gasteiger charge is 2.51. The number of hydrogen-bond donors (Lipinski definition) is 2. The van der Waals surface area contributed by atoms with Crippen molar-refractivity contribution < 1.29 is 18.0 Å². The highest BCUT2D eigenvalue weighted by atomic mass is 32.2. The molecule has 0 radical (unpaired) electrons. The molecule has 146 valence electrons. The van der Waals surface area contributed by atoms with Gasteiger partial charge in [0.1, 0.15) is 0 Å². The predicted molar refractivity (Wildman–Crippen MR) is 101 cm³/mol. The minimum Gasteiger partial charge on any atom is -0.326 e. The summed E-state index contributed by atoms with van der Waals surface area (Å²) in [5.74, 6) is 1.80. The fourth-order valence-electron chi connectivity index (χ4n) is 6.02. The number of nitrogens with one attached hydrogen (secondary N) is 2. The fourth-order valence-corrected chi connectivity index (χ4v) is 7.01. The first-order chi connectivity index (χ1) is 12.7. The number of carbonyl (C=O) groups is 2. The first kappa shape index (κ1) is 18.5. The fraction of sp³-hybridized carbons (Fsp3) is 0.600. The quantitative estimate of drug-likeness (QED) is 0.808. The van der Waals surface area contributed by atoms with Gasteiger partial charge in [0.25, 0.3) is 10.0 Å². The van der Waals surface area contributed by atoms with E-state index in [4.69, 9.17) is 0 Å². The van der Waals surface area contributed by atoms with E-state index in [9.17, 15) is 18.0 Å². The Labute approximate surface area is 160 Å². The van der Waals surface area contributed by atoms with E-state index in [2.05, 4.69) is 5.32 Å². The highest BCUT2D eigenvalue weighted by Crippen LogP contribution is 2.61. The summed E-state index contributed by atoms with van der Waals surface area (Å²) >= 11 is 0. The first-order valence-electron chi connectivity index (χ1n) is 9.66. The second-order valence-electron chi connectivity index (χ2n) is 8.83. The third kappa shape index (κ3) is 3.88. The second kappa shape index (κ2) is 6.62. The number of hydrogen-bond acceptors (Lipinski definition) is 4. The average Bonchev–Trinajstić information content (AvgIpc) is 2.52. The molecule has 4 bridgehead atoms. The van der Waals surface area contributed by atoms with Crippen LogP contribution >= 0.6 is 0 Å². The molecule has 1 aromatic carbocycles. The molecule has 4 aliphatic carbocycles. The zero-order chi connectivity index (χ0) is 19.2. The van der Waals surface area contributed by atoms with Crippen LogP contribution < -0.4 is 10.0 Å². The molecule has 0 unspecified atom stereocenters. The zero-order valence-corrected chi connectivity index (χ0v) is 16.3. The van der Waals surface area contributed by atoms with Gasteiger partial charge in [0.15, 0.2) is 0 Å². The maximum atomic E-state index is 12.6. The van der Waals surface area contributed by atoms with Crippen molar-refractivity contribution in [3.63, 3.8) is 0 Å². The van der Waals surface area contributed by atoms with Gasteiger partial charge in [-0.1, -0.05) is 0 Å². The van der Waals surface area contributed by atoms with Gasteiger partial charge < -0.3 is 5.32 Å². The number of sulfonamides is 1. The second-order valence-corrected chi connectivity index (χ2v) is 10.5. The summed E-state index contributed by atoms with van der Waals surface area (Å²) in [5.41, 5.74) is 0.750. The topological polar surface area (TPSA) is 92.3 Å². The minimum atomic E-state index is -3.85. The number of rotatable bonds is 5. The molecule has 27 heavy (non-hydrogen) atoms. The van der Waals surface area contributed by atoms with Crippen molar-refractivity contribution in [3.8, 4) is 0 Å². The maximum Gasteiger partial charge on any atom is 0.264 e. The Bertz CT molecular complexity index is 825. The molecular weight excluding hydrogens is 364 g/mol. The van der Waals surface area contributed by atoms with Crippen molar-refractivity contribution >= 4 is 27.5 Å². The molecule has 7 heteroatoms. The zero-order valence-electron chi connectivity index (χ0n) is 15.5. The Morgan fingerprint density at radius 3 is 2.00 bits per heavy atom. The lowest BCUT2D eigenvalue weighted by Crippen LogP contribution is -2.47. The maximum absolute atomic E-state index is 12.6. The van der Waals surface area contributed by atoms with E-state index in [0.717, 1.165) is 24.7 Å². The number of anilines is 1. The van der Waals surface area contributed by atoms with Crippen LogP contribution in [0.4, 0.5) is 5.69 Å². The standard InChI is InChI=1S/C20H26N2O4S/c1-13(23)22-27(25,26)18-4-2-17(3-5-18)21-19(24)12-20-9-14-6-15(10-20)8-16(7-14)11-20/h2-5,14-16H,6-12H2,1H3,(H,21,24)(H,22,23). The van der Waals surface area contributed by atoms with Gasteiger partial charge in [0.05, 0.1) is 4.90 Å². The molecule has 2 N–H and O–H groups in total. The van der Waals surface area contributed by atoms with Gasteiger partial charge in [-0.2, -0.15) is 0 Å². The Morgan fingerprint density at radius 2 is 1.52 bits per heavy atom. The number of amides is 2. The molecule has 0 heterocycles. The van der Waals surface area contributed by atoms with Gasteiger partial charge in [-0.15, -0.1) is 0 Å². The molecule has 4 aliphatic rings. The van der Waals surface area contributed by atoms with Gasteiger partial charge in [0, 0.05) is 19.0 Å². The van der Waals surface area contributed by atoms with Crippen LogP contribution in [0, 0.1) is 23.2 Å². The van der Waals surface area contributed by atoms with Crippen molar-refractivity contribution in [3.05, 3.63) is 24.3 Å². The summed E-state index contributed by atoms with van der Waals surface area (Å²) in [6.07, 6.45) is 8.16. The molecule has 4 saturated carbocycles. The largest absolute Gasteiger partial charge is 0.326 e. The Morgan fingerprint density at radius 1 is 1.00 bits per heavy atom. The van der Waals surface area contributed by atoms with Crippen LogP contribution in [0.2, 0.25) is 0 Å². The number of benzene rings is 1. The molecular formula is C20H26N2O4S. The molecule has 6 nitrogen and oxygen atoms in total. The third-order valence-corrected chi connectivity index (χ3v) is 7.88. The highest BCUT2D eigenvalue weighted by molar-refractivity contribution is 7.90. The van der Waals surface area contributed by atoms with E-state index in [0.29, 0.717) is 12.1 Å². The summed E-state index contributed by atoms with van der Waals surface area (Å²) in [4.78, 5) is 23.6. The lowest BCUT2D eigenvalue weighted by atomic mass is 9.49. The summed E-state index contributed by atoms with van der Waals surface area (Å²) in [5, 5.41) is 2.92. The molecule has 0 atom stereocenters. The van der Waals surface area contributed by atoms with Crippen molar-refractivity contribution in [2.24, 2.45) is 23.2 Å². The van der Waals surface area contributed by atoms with Crippen LogP contribution in [-0.4, -0.2) is 20.2 Å². The monoisotopic (exact) mass is 390 g/mol. The van der Waals surface area contributed by atoms with Crippen LogP contribution in [0.1, 0.15) is 51.9 Å². The molecule has 0 saturated heterocycles. The van der Waals surface area contributed by atoms with E-state index in [-0.39, 0.29) is 16.2 Å². The SMILES string of the molecule is CC(=O)NS(=O)(=O)c1ccc(NC(=O)CC23CC4CC(CC(C4)C2)C3)cc1. The van der Waals surface area contributed by atoms with Crippen LogP contribution in [0.25, 0.3) is 0 Å². The average molecular weight is 391 g/mol. The van der Waals surface area contributed by atoms with Crippen molar-refractivity contribution in [1.82, 2.24) is 4.72 Å². The Hall–Kier alpha value is -1.89. The Kier molecular flexibility index (Phi) is 4.53. The summed E-state index contributed by atoms with van der Waals surface area (Å²) in [6, 6.07) is 5.91. The van der Waals surface area contributed by atoms with E-state index in [1.54, 1.807) is 12.1 Å². The predicted octanol–water partition coefficient (Wildman–Crippen LogP) is 3.06. The smallest absolute Gasteiger partial charge is 0.264 e. The normalized spacial score (nSPS) is 31.5. The molecule has 4 fully saturated rings. The van der Waals surface area contributed by atoms with Crippen molar-refractivity contribution in [2.45, 2.75) is 56.8 Å². The summed E-state index contributed by atoms with van der Waals surface area (Å²) < 4.78 is 25.9. The van der Waals surface area contributed by atoms with E-state index in [1.807, 2.05) is 4.72 Å². The molecule has 5 rings (SSSR count). The molecule has 1 aromatic rings.